The molecule has 2 aromatic carbocycles. The highest BCUT2D eigenvalue weighted by molar-refractivity contribution is 5.91. The summed E-state index contributed by atoms with van der Waals surface area (Å²) in [5.74, 6) is -0.831. The number of carbonyl (C=O) groups excluding carboxylic acids is 1. The van der Waals surface area contributed by atoms with Crippen LogP contribution in [0.4, 0.5) is 20.2 Å². The van der Waals surface area contributed by atoms with E-state index in [-0.39, 0.29) is 24.6 Å². The second-order valence-corrected chi connectivity index (χ2v) is 4.58. The third-order valence-corrected chi connectivity index (χ3v) is 2.97. The molecular formula is C16H16F2N2O2. The minimum atomic E-state index is -0.685. The van der Waals surface area contributed by atoms with E-state index in [0.717, 1.165) is 12.1 Å². The molecule has 0 bridgehead atoms. The van der Waals surface area contributed by atoms with Crippen LogP contribution in [0, 0.1) is 11.6 Å². The van der Waals surface area contributed by atoms with Crippen LogP contribution in [0.15, 0.2) is 42.5 Å². The number of benzene rings is 2. The Hall–Kier alpha value is -2.63. The van der Waals surface area contributed by atoms with Gasteiger partial charge in [-0.05, 0) is 36.4 Å². The Morgan fingerprint density at radius 3 is 2.50 bits per heavy atom. The molecule has 116 valence electrons. The van der Waals surface area contributed by atoms with Gasteiger partial charge < -0.3 is 15.4 Å². The smallest absolute Gasteiger partial charge is 0.226 e. The first-order chi connectivity index (χ1) is 10.6. The molecule has 1 amide bonds. The van der Waals surface area contributed by atoms with E-state index in [1.54, 1.807) is 31.4 Å². The van der Waals surface area contributed by atoms with Crippen LogP contribution < -0.4 is 15.4 Å². The van der Waals surface area contributed by atoms with Gasteiger partial charge in [-0.25, -0.2) is 8.78 Å². The van der Waals surface area contributed by atoms with Crippen molar-refractivity contribution < 1.29 is 18.3 Å². The van der Waals surface area contributed by atoms with Gasteiger partial charge in [-0.1, -0.05) is 0 Å². The van der Waals surface area contributed by atoms with Crippen LogP contribution in [0.3, 0.4) is 0 Å². The molecule has 4 nitrogen and oxygen atoms in total. The summed E-state index contributed by atoms with van der Waals surface area (Å²) in [6.07, 6.45) is 0.156. The predicted molar refractivity (Wildman–Crippen MR) is 81.1 cm³/mol. The van der Waals surface area contributed by atoms with E-state index < -0.39 is 11.6 Å². The number of ether oxygens (including phenoxy) is 1. The lowest BCUT2D eigenvalue weighted by Gasteiger charge is -2.09. The van der Waals surface area contributed by atoms with Gasteiger partial charge in [-0.15, -0.1) is 0 Å². The van der Waals surface area contributed by atoms with Crippen molar-refractivity contribution in [1.29, 1.82) is 0 Å². The summed E-state index contributed by atoms with van der Waals surface area (Å²) in [7, 11) is 1.56. The zero-order valence-corrected chi connectivity index (χ0v) is 12.0. The third kappa shape index (κ3) is 4.44. The SMILES string of the molecule is COc1ccc(NC(=O)CCNc2ccc(F)cc2F)cc1. The minimum Gasteiger partial charge on any atom is -0.497 e. The van der Waals surface area contributed by atoms with Gasteiger partial charge >= 0.3 is 0 Å². The normalized spacial score (nSPS) is 10.1. The summed E-state index contributed by atoms with van der Waals surface area (Å²) in [5, 5.41) is 5.47. The fourth-order valence-corrected chi connectivity index (χ4v) is 1.84. The number of halogens is 2. The highest BCUT2D eigenvalue weighted by atomic mass is 19.1. The van der Waals surface area contributed by atoms with E-state index in [1.165, 1.54) is 6.07 Å². The first-order valence-electron chi connectivity index (χ1n) is 6.71. The van der Waals surface area contributed by atoms with Crippen LogP contribution in [0.2, 0.25) is 0 Å². The molecule has 0 heterocycles. The van der Waals surface area contributed by atoms with Gasteiger partial charge in [0.05, 0.1) is 12.8 Å². The Labute approximate surface area is 127 Å². The highest BCUT2D eigenvalue weighted by Gasteiger charge is 2.05. The van der Waals surface area contributed by atoms with Crippen molar-refractivity contribution in [3.63, 3.8) is 0 Å². The third-order valence-electron chi connectivity index (χ3n) is 2.97. The van der Waals surface area contributed by atoms with Gasteiger partial charge in [0, 0.05) is 24.7 Å². The molecule has 0 aliphatic rings. The highest BCUT2D eigenvalue weighted by Crippen LogP contribution is 2.16. The topological polar surface area (TPSA) is 50.4 Å². The molecule has 6 heteroatoms. The molecule has 2 aromatic rings. The lowest BCUT2D eigenvalue weighted by atomic mass is 10.2. The summed E-state index contributed by atoms with van der Waals surface area (Å²) in [5.41, 5.74) is 0.817. The van der Waals surface area contributed by atoms with Crippen LogP contribution in [0.1, 0.15) is 6.42 Å². The van der Waals surface area contributed by atoms with Gasteiger partial charge in [0.2, 0.25) is 5.91 Å². The molecule has 0 saturated carbocycles. The Morgan fingerprint density at radius 1 is 1.14 bits per heavy atom. The van der Waals surface area contributed by atoms with Crippen molar-refractivity contribution in [2.75, 3.05) is 24.3 Å². The molecule has 0 radical (unpaired) electrons. The number of anilines is 2. The molecule has 22 heavy (non-hydrogen) atoms. The predicted octanol–water partition coefficient (Wildman–Crippen LogP) is 3.41. The van der Waals surface area contributed by atoms with Crippen molar-refractivity contribution in [2.45, 2.75) is 6.42 Å². The second-order valence-electron chi connectivity index (χ2n) is 4.58. The number of amides is 1. The molecule has 0 unspecified atom stereocenters. The number of hydrogen-bond acceptors (Lipinski definition) is 3. The molecule has 0 saturated heterocycles. The number of methoxy groups -OCH3 is 1. The fourth-order valence-electron chi connectivity index (χ4n) is 1.84. The maximum absolute atomic E-state index is 13.4. The first kappa shape index (κ1) is 15.8. The molecule has 0 spiro atoms. The quantitative estimate of drug-likeness (QED) is 0.860. The average molecular weight is 306 g/mol. The number of carbonyl (C=O) groups is 1. The molecule has 0 fully saturated rings. The summed E-state index contributed by atoms with van der Waals surface area (Å²) in [6, 6.07) is 10.2. The van der Waals surface area contributed by atoms with Gasteiger partial charge in [-0.3, -0.25) is 4.79 Å². The Morgan fingerprint density at radius 2 is 1.86 bits per heavy atom. The van der Waals surface area contributed by atoms with Crippen molar-refractivity contribution in [3.8, 4) is 5.75 Å². The van der Waals surface area contributed by atoms with Crippen molar-refractivity contribution >= 4 is 17.3 Å². The maximum Gasteiger partial charge on any atom is 0.226 e. The Balaban J connectivity index is 1.79. The standard InChI is InChI=1S/C16H16F2N2O2/c1-22-13-5-3-12(4-6-13)20-16(21)8-9-19-15-7-2-11(17)10-14(15)18/h2-7,10,19H,8-9H2,1H3,(H,20,21). The van der Waals surface area contributed by atoms with E-state index in [0.29, 0.717) is 11.4 Å². The zero-order chi connectivity index (χ0) is 15.9. The van der Waals surface area contributed by atoms with Gasteiger partial charge in [0.25, 0.3) is 0 Å². The van der Waals surface area contributed by atoms with Crippen LogP contribution in [0.25, 0.3) is 0 Å². The summed E-state index contributed by atoms with van der Waals surface area (Å²) < 4.78 is 31.2. The summed E-state index contributed by atoms with van der Waals surface area (Å²) >= 11 is 0. The van der Waals surface area contributed by atoms with Gasteiger partial charge in [0.1, 0.15) is 17.4 Å². The molecular weight excluding hydrogens is 290 g/mol. The summed E-state index contributed by atoms with van der Waals surface area (Å²) in [6.45, 7) is 0.241. The zero-order valence-electron chi connectivity index (χ0n) is 12.0. The van der Waals surface area contributed by atoms with Crippen LogP contribution in [0.5, 0.6) is 5.75 Å². The van der Waals surface area contributed by atoms with Gasteiger partial charge in [-0.2, -0.15) is 0 Å². The molecule has 2 rings (SSSR count). The lowest BCUT2D eigenvalue weighted by Crippen LogP contribution is -2.16. The van der Waals surface area contributed by atoms with Gasteiger partial charge in [0.15, 0.2) is 0 Å². The molecule has 2 N–H and O–H groups in total. The van der Waals surface area contributed by atoms with E-state index in [2.05, 4.69) is 10.6 Å². The summed E-state index contributed by atoms with van der Waals surface area (Å²) in [4.78, 5) is 11.8. The molecule has 0 aromatic heterocycles. The van der Waals surface area contributed by atoms with Crippen LogP contribution >= 0.6 is 0 Å². The largest absolute Gasteiger partial charge is 0.497 e. The number of nitrogens with one attached hydrogen (secondary N) is 2. The van der Waals surface area contributed by atoms with Crippen molar-refractivity contribution in [1.82, 2.24) is 0 Å². The number of rotatable bonds is 6. The first-order valence-corrected chi connectivity index (χ1v) is 6.71. The lowest BCUT2D eigenvalue weighted by molar-refractivity contribution is -0.115. The van der Waals surface area contributed by atoms with Crippen molar-refractivity contribution in [3.05, 3.63) is 54.1 Å². The Bertz CT molecular complexity index is 645. The average Bonchev–Trinajstić information content (AvgIpc) is 2.50. The Kier molecular flexibility index (Phi) is 5.30. The fraction of sp³-hybridized carbons (Fsp3) is 0.188. The van der Waals surface area contributed by atoms with Crippen molar-refractivity contribution in [2.24, 2.45) is 0 Å². The van der Waals surface area contributed by atoms with E-state index in [1.807, 2.05) is 0 Å². The monoisotopic (exact) mass is 306 g/mol. The molecule has 0 aliphatic heterocycles. The van der Waals surface area contributed by atoms with Crippen LogP contribution in [-0.2, 0) is 4.79 Å². The number of hydrogen-bond donors (Lipinski definition) is 2. The van der Waals surface area contributed by atoms with E-state index in [9.17, 15) is 13.6 Å². The van der Waals surface area contributed by atoms with E-state index >= 15 is 0 Å². The maximum atomic E-state index is 13.4. The van der Waals surface area contributed by atoms with E-state index in [4.69, 9.17) is 4.74 Å². The second kappa shape index (κ2) is 7.40. The van der Waals surface area contributed by atoms with Crippen LogP contribution in [-0.4, -0.2) is 19.6 Å². The minimum absolute atomic E-state index is 0.156. The molecule has 0 aliphatic carbocycles. The molecule has 0 atom stereocenters.